The largest absolute Gasteiger partial charge is 0.355 e. The van der Waals surface area contributed by atoms with E-state index in [0.717, 1.165) is 28.7 Å². The fourth-order valence-corrected chi connectivity index (χ4v) is 6.61. The van der Waals surface area contributed by atoms with E-state index in [0.29, 0.717) is 22.9 Å². The number of fused-ring (bicyclic) bond motifs is 1. The Kier molecular flexibility index (Phi) is 4.18. The van der Waals surface area contributed by atoms with Gasteiger partial charge in [0.2, 0.25) is 5.91 Å². The SMILES string of the molecule is O=C(Cn1c(=O)[nH]c2ccccc2c1=O)NCCC12CC3CC(CC(C3)C1)C2. The highest BCUT2D eigenvalue weighted by atomic mass is 16.2. The fourth-order valence-electron chi connectivity index (χ4n) is 6.61. The van der Waals surface area contributed by atoms with E-state index in [-0.39, 0.29) is 12.5 Å². The van der Waals surface area contributed by atoms with Crippen LogP contribution in [0.5, 0.6) is 0 Å². The van der Waals surface area contributed by atoms with Crippen molar-refractivity contribution in [1.82, 2.24) is 14.9 Å². The summed E-state index contributed by atoms with van der Waals surface area (Å²) in [6, 6.07) is 6.86. The van der Waals surface area contributed by atoms with Crippen molar-refractivity contribution in [3.63, 3.8) is 0 Å². The van der Waals surface area contributed by atoms with Crippen LogP contribution in [0.3, 0.4) is 0 Å². The summed E-state index contributed by atoms with van der Waals surface area (Å²) in [5.41, 5.74) is -0.0502. The van der Waals surface area contributed by atoms with Crippen LogP contribution in [0.1, 0.15) is 44.9 Å². The van der Waals surface area contributed by atoms with Gasteiger partial charge in [0.15, 0.2) is 0 Å². The average Bonchev–Trinajstić information content (AvgIpc) is 2.64. The van der Waals surface area contributed by atoms with Crippen LogP contribution in [0, 0.1) is 23.2 Å². The van der Waals surface area contributed by atoms with Crippen LogP contribution >= 0.6 is 0 Å². The van der Waals surface area contributed by atoms with Crippen LogP contribution in [-0.4, -0.2) is 22.0 Å². The Morgan fingerprint density at radius 1 is 1.07 bits per heavy atom. The van der Waals surface area contributed by atoms with Gasteiger partial charge in [-0.05, 0) is 80.2 Å². The van der Waals surface area contributed by atoms with E-state index in [4.69, 9.17) is 0 Å². The molecule has 4 bridgehead atoms. The first kappa shape index (κ1) is 17.7. The first-order valence-corrected chi connectivity index (χ1v) is 10.5. The molecule has 0 atom stereocenters. The van der Waals surface area contributed by atoms with Crippen LogP contribution in [0.2, 0.25) is 0 Å². The van der Waals surface area contributed by atoms with Crippen molar-refractivity contribution in [1.29, 1.82) is 0 Å². The second-order valence-electron chi connectivity index (χ2n) is 9.38. The summed E-state index contributed by atoms with van der Waals surface area (Å²) < 4.78 is 0.988. The lowest BCUT2D eigenvalue weighted by molar-refractivity contribution is -0.122. The molecule has 0 unspecified atom stereocenters. The van der Waals surface area contributed by atoms with Crippen LogP contribution in [-0.2, 0) is 11.3 Å². The van der Waals surface area contributed by atoms with E-state index in [1.807, 2.05) is 0 Å². The summed E-state index contributed by atoms with van der Waals surface area (Å²) in [7, 11) is 0. The molecule has 2 aromatic rings. The number of aromatic amines is 1. The number of nitrogens with zero attached hydrogens (tertiary/aromatic N) is 1. The number of hydrogen-bond donors (Lipinski definition) is 2. The van der Waals surface area contributed by atoms with Gasteiger partial charge in [-0.1, -0.05) is 12.1 Å². The van der Waals surface area contributed by atoms with E-state index in [1.165, 1.54) is 38.5 Å². The Morgan fingerprint density at radius 2 is 1.71 bits per heavy atom. The van der Waals surface area contributed by atoms with Gasteiger partial charge in [-0.2, -0.15) is 0 Å². The molecule has 28 heavy (non-hydrogen) atoms. The Labute approximate surface area is 163 Å². The molecule has 6 rings (SSSR count). The standard InChI is InChI=1S/C22H27N3O3/c26-19(13-25-20(27)17-3-1-2-4-18(17)24-21(25)28)23-6-5-22-10-14-7-15(11-22)9-16(8-14)12-22/h1-4,14-16H,5-13H2,(H,23,26)(H,24,28). The number of aromatic nitrogens is 2. The molecule has 4 saturated carbocycles. The molecule has 6 nitrogen and oxygen atoms in total. The number of carbonyl (C=O) groups excluding carboxylic acids is 1. The molecule has 4 fully saturated rings. The Morgan fingerprint density at radius 3 is 2.39 bits per heavy atom. The minimum absolute atomic E-state index is 0.236. The lowest BCUT2D eigenvalue weighted by atomic mass is 9.49. The number of hydrogen-bond acceptors (Lipinski definition) is 3. The van der Waals surface area contributed by atoms with Gasteiger partial charge >= 0.3 is 5.69 Å². The maximum absolute atomic E-state index is 12.6. The minimum Gasteiger partial charge on any atom is -0.355 e. The normalized spacial score (nSPS) is 30.6. The van der Waals surface area contributed by atoms with Crippen molar-refractivity contribution < 1.29 is 4.79 Å². The number of amides is 1. The first-order chi connectivity index (χ1) is 13.5. The van der Waals surface area contributed by atoms with Crippen LogP contribution in [0.4, 0.5) is 0 Å². The molecule has 0 saturated heterocycles. The third-order valence-corrected chi connectivity index (χ3v) is 7.33. The number of H-pyrrole nitrogens is 1. The quantitative estimate of drug-likeness (QED) is 0.834. The minimum atomic E-state index is -0.542. The summed E-state index contributed by atoms with van der Waals surface area (Å²) >= 11 is 0. The predicted octanol–water partition coefficient (Wildman–Crippen LogP) is 2.41. The van der Waals surface area contributed by atoms with Gasteiger partial charge in [-0.3, -0.25) is 14.2 Å². The van der Waals surface area contributed by atoms with Gasteiger partial charge in [0.05, 0.1) is 10.9 Å². The Bertz CT molecular complexity index is 1000. The Hall–Kier alpha value is -2.37. The van der Waals surface area contributed by atoms with Gasteiger partial charge in [0.1, 0.15) is 6.54 Å². The highest BCUT2D eigenvalue weighted by molar-refractivity contribution is 5.78. The molecule has 0 aliphatic heterocycles. The molecule has 148 valence electrons. The fraction of sp³-hybridized carbons (Fsp3) is 0.591. The lowest BCUT2D eigenvalue weighted by Gasteiger charge is -2.57. The zero-order chi connectivity index (χ0) is 19.3. The van der Waals surface area contributed by atoms with Crippen LogP contribution in [0.15, 0.2) is 33.9 Å². The number of nitrogens with one attached hydrogen (secondary N) is 2. The highest BCUT2D eigenvalue weighted by Gasteiger charge is 2.50. The van der Waals surface area contributed by atoms with Crippen molar-refractivity contribution in [2.24, 2.45) is 23.2 Å². The molecule has 4 aliphatic carbocycles. The van der Waals surface area contributed by atoms with E-state index in [1.54, 1.807) is 24.3 Å². The molecule has 0 spiro atoms. The molecule has 1 amide bonds. The molecule has 2 N–H and O–H groups in total. The number of rotatable bonds is 5. The molecule has 0 radical (unpaired) electrons. The first-order valence-electron chi connectivity index (χ1n) is 10.5. The van der Waals surface area contributed by atoms with Gasteiger partial charge in [0.25, 0.3) is 5.56 Å². The molecular weight excluding hydrogens is 354 g/mol. The van der Waals surface area contributed by atoms with Crippen molar-refractivity contribution in [3.8, 4) is 0 Å². The molecule has 6 heteroatoms. The second-order valence-corrected chi connectivity index (χ2v) is 9.38. The zero-order valence-corrected chi connectivity index (χ0v) is 16.1. The van der Waals surface area contributed by atoms with Crippen molar-refractivity contribution >= 4 is 16.8 Å². The topological polar surface area (TPSA) is 84.0 Å². The van der Waals surface area contributed by atoms with Gasteiger partial charge in [-0.15, -0.1) is 0 Å². The van der Waals surface area contributed by atoms with Crippen LogP contribution in [0.25, 0.3) is 10.9 Å². The summed E-state index contributed by atoms with van der Waals surface area (Å²) in [4.78, 5) is 39.9. The predicted molar refractivity (Wildman–Crippen MR) is 107 cm³/mol. The summed E-state index contributed by atoms with van der Waals surface area (Å²) in [5.74, 6) is 2.43. The maximum Gasteiger partial charge on any atom is 0.329 e. The number of benzene rings is 1. The van der Waals surface area contributed by atoms with Crippen molar-refractivity contribution in [3.05, 3.63) is 45.1 Å². The second kappa shape index (κ2) is 6.61. The Balaban J connectivity index is 1.23. The molecular formula is C22H27N3O3. The van der Waals surface area contributed by atoms with Crippen molar-refractivity contribution in [2.45, 2.75) is 51.5 Å². The third kappa shape index (κ3) is 3.09. The molecule has 1 aromatic heterocycles. The van der Waals surface area contributed by atoms with Crippen molar-refractivity contribution in [2.75, 3.05) is 6.54 Å². The van der Waals surface area contributed by atoms with Gasteiger partial charge in [-0.25, -0.2) is 4.79 Å². The highest BCUT2D eigenvalue weighted by Crippen LogP contribution is 2.61. The average molecular weight is 381 g/mol. The lowest BCUT2D eigenvalue weighted by Crippen LogP contribution is -2.47. The monoisotopic (exact) mass is 381 g/mol. The molecule has 1 heterocycles. The van der Waals surface area contributed by atoms with E-state index in [9.17, 15) is 14.4 Å². The van der Waals surface area contributed by atoms with Crippen LogP contribution < -0.4 is 16.6 Å². The van der Waals surface area contributed by atoms with E-state index >= 15 is 0 Å². The zero-order valence-electron chi connectivity index (χ0n) is 16.1. The number of carbonyl (C=O) groups is 1. The summed E-state index contributed by atoms with van der Waals surface area (Å²) in [6.45, 7) is 0.394. The maximum atomic E-state index is 12.6. The molecule has 4 aliphatic rings. The van der Waals surface area contributed by atoms with Gasteiger partial charge < -0.3 is 10.3 Å². The van der Waals surface area contributed by atoms with E-state index in [2.05, 4.69) is 10.3 Å². The van der Waals surface area contributed by atoms with E-state index < -0.39 is 11.2 Å². The summed E-state index contributed by atoms with van der Waals surface area (Å²) in [5, 5.41) is 3.38. The molecule has 1 aromatic carbocycles. The van der Waals surface area contributed by atoms with Gasteiger partial charge in [0, 0.05) is 6.54 Å². The number of para-hydroxylation sites is 1. The third-order valence-electron chi connectivity index (χ3n) is 7.33. The summed E-state index contributed by atoms with van der Waals surface area (Å²) in [6.07, 6.45) is 9.22. The smallest absolute Gasteiger partial charge is 0.329 e.